The zero-order valence-corrected chi connectivity index (χ0v) is 7.99. The van der Waals surface area contributed by atoms with Gasteiger partial charge in [-0.3, -0.25) is 4.79 Å². The third kappa shape index (κ3) is 0.966. The first-order valence-electron chi connectivity index (χ1n) is 5.27. The van der Waals surface area contributed by atoms with E-state index in [4.69, 9.17) is 0 Å². The number of carbonyl (C=O) groups excluding carboxylic acids is 1. The molecule has 0 radical (unpaired) electrons. The van der Waals surface area contributed by atoms with Gasteiger partial charge in [0.25, 0.3) is 0 Å². The summed E-state index contributed by atoms with van der Waals surface area (Å²) in [4.78, 5) is 13.8. The lowest BCUT2D eigenvalue weighted by molar-refractivity contribution is -0.119. The van der Waals surface area contributed by atoms with Crippen LogP contribution in [0, 0.1) is 5.92 Å². The van der Waals surface area contributed by atoms with Gasteiger partial charge in [0.2, 0.25) is 5.91 Å². The number of carbonyl (C=O) groups is 1. The van der Waals surface area contributed by atoms with Crippen molar-refractivity contribution in [3.8, 4) is 0 Å². The molecule has 0 aromatic rings. The highest BCUT2D eigenvalue weighted by molar-refractivity contribution is 5.79. The molecule has 0 aromatic heterocycles. The molecule has 3 heteroatoms. The van der Waals surface area contributed by atoms with Gasteiger partial charge in [0.1, 0.15) is 0 Å². The molecule has 1 N–H and O–H groups in total. The number of fused-ring (bicyclic) bond motifs is 4. The lowest BCUT2D eigenvalue weighted by Crippen LogP contribution is -2.49. The minimum Gasteiger partial charge on any atom is -0.353 e. The van der Waals surface area contributed by atoms with Crippen molar-refractivity contribution in [3.63, 3.8) is 0 Å². The SMILES string of the molecule is CN1C2CCC1C1CC(=O)NC1C2. The third-order valence-corrected chi connectivity index (χ3v) is 4.20. The molecule has 0 aromatic carbocycles. The molecule has 3 heterocycles. The van der Waals surface area contributed by atoms with Crippen LogP contribution < -0.4 is 5.32 Å². The van der Waals surface area contributed by atoms with Crippen molar-refractivity contribution >= 4 is 5.91 Å². The molecular formula is C10H16N2O. The Balaban J connectivity index is 1.89. The Bertz CT molecular complexity index is 253. The minimum atomic E-state index is 0.274. The molecule has 4 unspecified atom stereocenters. The maximum atomic E-state index is 11.3. The number of nitrogens with zero attached hydrogens (tertiary/aromatic N) is 1. The fraction of sp³-hybridized carbons (Fsp3) is 0.900. The van der Waals surface area contributed by atoms with Gasteiger partial charge in [0.05, 0.1) is 0 Å². The highest BCUT2D eigenvalue weighted by Gasteiger charge is 2.49. The number of piperidine rings is 1. The van der Waals surface area contributed by atoms with Crippen molar-refractivity contribution in [3.05, 3.63) is 0 Å². The molecule has 13 heavy (non-hydrogen) atoms. The van der Waals surface area contributed by atoms with Crippen molar-refractivity contribution in [2.75, 3.05) is 7.05 Å². The van der Waals surface area contributed by atoms with Crippen LogP contribution in [-0.4, -0.2) is 36.0 Å². The summed E-state index contributed by atoms with van der Waals surface area (Å²) in [5.74, 6) is 0.882. The first kappa shape index (κ1) is 7.80. The summed E-state index contributed by atoms with van der Waals surface area (Å²) < 4.78 is 0. The van der Waals surface area contributed by atoms with E-state index in [1.54, 1.807) is 0 Å². The zero-order chi connectivity index (χ0) is 9.00. The molecular weight excluding hydrogens is 164 g/mol. The number of amides is 1. The van der Waals surface area contributed by atoms with Crippen molar-refractivity contribution < 1.29 is 4.79 Å². The Labute approximate surface area is 78.5 Å². The molecule has 3 saturated heterocycles. The topological polar surface area (TPSA) is 32.3 Å². The van der Waals surface area contributed by atoms with Crippen molar-refractivity contribution in [2.24, 2.45) is 5.92 Å². The summed E-state index contributed by atoms with van der Waals surface area (Å²) in [6.07, 6.45) is 4.59. The van der Waals surface area contributed by atoms with Crippen LogP contribution in [0.1, 0.15) is 25.7 Å². The molecule has 3 aliphatic rings. The standard InChI is InChI=1S/C10H16N2O/c1-12-6-2-3-9(12)7-5-10(13)11-8(7)4-6/h6-9H,2-5H2,1H3,(H,11,13). The van der Waals surface area contributed by atoms with Crippen molar-refractivity contribution in [1.29, 1.82) is 0 Å². The molecule has 4 atom stereocenters. The van der Waals surface area contributed by atoms with Crippen LogP contribution in [0.2, 0.25) is 0 Å². The first-order chi connectivity index (χ1) is 6.25. The first-order valence-corrected chi connectivity index (χ1v) is 5.27. The normalized spacial score (nSPS) is 49.2. The second kappa shape index (κ2) is 2.47. The van der Waals surface area contributed by atoms with Gasteiger partial charge in [-0.25, -0.2) is 0 Å². The van der Waals surface area contributed by atoms with Gasteiger partial charge >= 0.3 is 0 Å². The Morgan fingerprint density at radius 3 is 3.15 bits per heavy atom. The predicted octanol–water partition coefficient (Wildman–Crippen LogP) is 0.358. The van der Waals surface area contributed by atoms with E-state index in [1.165, 1.54) is 19.3 Å². The summed E-state index contributed by atoms with van der Waals surface area (Å²) in [7, 11) is 2.22. The summed E-state index contributed by atoms with van der Waals surface area (Å²) >= 11 is 0. The average Bonchev–Trinajstić information content (AvgIpc) is 2.54. The molecule has 3 fully saturated rings. The number of rotatable bonds is 0. The Kier molecular flexibility index (Phi) is 1.48. The highest BCUT2D eigenvalue weighted by atomic mass is 16.2. The fourth-order valence-electron chi connectivity index (χ4n) is 3.50. The van der Waals surface area contributed by atoms with Gasteiger partial charge in [0.15, 0.2) is 0 Å². The van der Waals surface area contributed by atoms with Gasteiger partial charge in [-0.05, 0) is 26.3 Å². The van der Waals surface area contributed by atoms with Crippen LogP contribution in [-0.2, 0) is 4.79 Å². The molecule has 1 amide bonds. The monoisotopic (exact) mass is 180 g/mol. The maximum absolute atomic E-state index is 11.3. The Morgan fingerprint density at radius 2 is 2.31 bits per heavy atom. The lowest BCUT2D eigenvalue weighted by atomic mass is 9.87. The second-order valence-corrected chi connectivity index (χ2v) is 4.74. The van der Waals surface area contributed by atoms with Gasteiger partial charge in [0, 0.05) is 30.5 Å². The van der Waals surface area contributed by atoms with Crippen LogP contribution >= 0.6 is 0 Å². The lowest BCUT2D eigenvalue weighted by Gasteiger charge is -2.38. The summed E-state index contributed by atoms with van der Waals surface area (Å²) in [5.41, 5.74) is 0. The van der Waals surface area contributed by atoms with E-state index in [0.717, 1.165) is 12.5 Å². The maximum Gasteiger partial charge on any atom is 0.220 e. The quantitative estimate of drug-likeness (QED) is 0.583. The molecule has 3 aliphatic heterocycles. The van der Waals surface area contributed by atoms with Crippen LogP contribution in [0.25, 0.3) is 0 Å². The van der Waals surface area contributed by atoms with Gasteiger partial charge in [-0.1, -0.05) is 0 Å². The highest BCUT2D eigenvalue weighted by Crippen LogP contribution is 2.41. The minimum absolute atomic E-state index is 0.274. The van der Waals surface area contributed by atoms with E-state index < -0.39 is 0 Å². The molecule has 0 spiro atoms. The van der Waals surface area contributed by atoms with E-state index >= 15 is 0 Å². The third-order valence-electron chi connectivity index (χ3n) is 4.20. The molecule has 3 rings (SSSR count). The predicted molar refractivity (Wildman–Crippen MR) is 49.2 cm³/mol. The Morgan fingerprint density at radius 1 is 1.46 bits per heavy atom. The van der Waals surface area contributed by atoms with Crippen LogP contribution in [0.15, 0.2) is 0 Å². The molecule has 72 valence electrons. The van der Waals surface area contributed by atoms with Gasteiger partial charge in [-0.15, -0.1) is 0 Å². The number of hydrogen-bond donors (Lipinski definition) is 1. The second-order valence-electron chi connectivity index (χ2n) is 4.74. The van der Waals surface area contributed by atoms with Crippen molar-refractivity contribution in [1.82, 2.24) is 10.2 Å². The summed E-state index contributed by atoms with van der Waals surface area (Å²) in [5, 5.41) is 3.11. The van der Waals surface area contributed by atoms with Gasteiger partial charge < -0.3 is 10.2 Å². The Hall–Kier alpha value is -0.570. The molecule has 0 saturated carbocycles. The smallest absolute Gasteiger partial charge is 0.220 e. The summed E-state index contributed by atoms with van der Waals surface area (Å²) in [6.45, 7) is 0. The van der Waals surface area contributed by atoms with E-state index in [-0.39, 0.29) is 5.91 Å². The zero-order valence-electron chi connectivity index (χ0n) is 7.99. The van der Waals surface area contributed by atoms with Crippen LogP contribution in [0.3, 0.4) is 0 Å². The van der Waals surface area contributed by atoms with Gasteiger partial charge in [-0.2, -0.15) is 0 Å². The van der Waals surface area contributed by atoms with Crippen LogP contribution in [0.5, 0.6) is 0 Å². The average molecular weight is 180 g/mol. The molecule has 2 bridgehead atoms. The molecule has 0 aliphatic carbocycles. The number of hydrogen-bond acceptors (Lipinski definition) is 2. The van der Waals surface area contributed by atoms with E-state index in [1.807, 2.05) is 0 Å². The molecule has 3 nitrogen and oxygen atoms in total. The van der Waals surface area contributed by atoms with E-state index in [9.17, 15) is 4.79 Å². The van der Waals surface area contributed by atoms with E-state index in [2.05, 4.69) is 17.3 Å². The fourth-order valence-corrected chi connectivity index (χ4v) is 3.50. The summed E-state index contributed by atoms with van der Waals surface area (Å²) in [6, 6.07) is 1.92. The largest absolute Gasteiger partial charge is 0.353 e. The number of nitrogens with one attached hydrogen (secondary N) is 1. The van der Waals surface area contributed by atoms with Crippen molar-refractivity contribution in [2.45, 2.75) is 43.8 Å². The van der Waals surface area contributed by atoms with E-state index in [0.29, 0.717) is 18.0 Å². The van der Waals surface area contributed by atoms with Crippen LogP contribution in [0.4, 0.5) is 0 Å².